The smallest absolute Gasteiger partial charge is 0.0338 e. The van der Waals surface area contributed by atoms with E-state index in [4.69, 9.17) is 11.5 Å². The maximum atomic E-state index is 6.30. The molecule has 0 aliphatic carbocycles. The number of hydrogen-bond donors (Lipinski definition) is 2. The van der Waals surface area contributed by atoms with Gasteiger partial charge in [0.25, 0.3) is 0 Å². The van der Waals surface area contributed by atoms with Crippen molar-refractivity contribution < 1.29 is 0 Å². The molecule has 1 aromatic carbocycles. The van der Waals surface area contributed by atoms with E-state index in [2.05, 4.69) is 39.8 Å². The average molecular weight is 220 g/mol. The van der Waals surface area contributed by atoms with Crippen LogP contribution in [0.1, 0.15) is 41.6 Å². The number of rotatable bonds is 4. The molecule has 4 N–H and O–H groups in total. The molecule has 0 heterocycles. The van der Waals surface area contributed by atoms with Crippen LogP contribution in [0.3, 0.4) is 0 Å². The largest absolute Gasteiger partial charge is 0.330 e. The van der Waals surface area contributed by atoms with E-state index in [1.165, 1.54) is 22.3 Å². The summed E-state index contributed by atoms with van der Waals surface area (Å²) in [6, 6.07) is 4.37. The molecule has 1 rings (SSSR count). The SMILES string of the molecule is CCC(CN)C(N)c1ccc(C)c(C)c1C. The molecule has 0 bridgehead atoms. The molecule has 16 heavy (non-hydrogen) atoms. The molecule has 2 unspecified atom stereocenters. The van der Waals surface area contributed by atoms with Gasteiger partial charge < -0.3 is 11.5 Å². The van der Waals surface area contributed by atoms with Crippen LogP contribution < -0.4 is 11.5 Å². The minimum absolute atomic E-state index is 0.0642. The summed E-state index contributed by atoms with van der Waals surface area (Å²) in [6.07, 6.45) is 1.03. The first kappa shape index (κ1) is 13.2. The third kappa shape index (κ3) is 2.45. The van der Waals surface area contributed by atoms with Gasteiger partial charge >= 0.3 is 0 Å². The van der Waals surface area contributed by atoms with Gasteiger partial charge in [-0.25, -0.2) is 0 Å². The highest BCUT2D eigenvalue weighted by molar-refractivity contribution is 5.40. The summed E-state index contributed by atoms with van der Waals surface area (Å²) < 4.78 is 0. The summed E-state index contributed by atoms with van der Waals surface area (Å²) in [6.45, 7) is 9.25. The fourth-order valence-corrected chi connectivity index (χ4v) is 2.16. The fourth-order valence-electron chi connectivity index (χ4n) is 2.16. The number of aryl methyl sites for hydroxylation is 1. The third-order valence-electron chi connectivity index (χ3n) is 3.79. The zero-order chi connectivity index (χ0) is 12.3. The molecule has 0 aliphatic heterocycles. The van der Waals surface area contributed by atoms with E-state index in [-0.39, 0.29) is 6.04 Å². The first-order chi connectivity index (χ1) is 7.52. The predicted octanol–water partition coefficient (Wildman–Crippen LogP) is 2.60. The van der Waals surface area contributed by atoms with Crippen molar-refractivity contribution in [2.45, 2.75) is 40.2 Å². The molecular formula is C14H24N2. The van der Waals surface area contributed by atoms with E-state index in [1.807, 2.05) is 0 Å². The van der Waals surface area contributed by atoms with Crippen molar-refractivity contribution >= 4 is 0 Å². The van der Waals surface area contributed by atoms with Gasteiger partial charge in [-0.15, -0.1) is 0 Å². The Labute approximate surface area is 99.0 Å². The van der Waals surface area contributed by atoms with Crippen LogP contribution in [0.2, 0.25) is 0 Å². The molecule has 0 fully saturated rings. The molecular weight excluding hydrogens is 196 g/mol. The molecule has 1 aromatic rings. The highest BCUT2D eigenvalue weighted by atomic mass is 14.7. The second-order valence-corrected chi connectivity index (χ2v) is 4.65. The molecule has 90 valence electrons. The van der Waals surface area contributed by atoms with Gasteiger partial charge in [0, 0.05) is 6.04 Å². The van der Waals surface area contributed by atoms with E-state index in [0.717, 1.165) is 6.42 Å². The Balaban J connectivity index is 3.09. The fraction of sp³-hybridized carbons (Fsp3) is 0.571. The quantitative estimate of drug-likeness (QED) is 0.819. The summed E-state index contributed by atoms with van der Waals surface area (Å²) in [5.74, 6) is 0.376. The molecule has 0 saturated heterocycles. The van der Waals surface area contributed by atoms with Crippen molar-refractivity contribution in [2.24, 2.45) is 17.4 Å². The third-order valence-corrected chi connectivity index (χ3v) is 3.79. The second-order valence-electron chi connectivity index (χ2n) is 4.65. The monoisotopic (exact) mass is 220 g/mol. The lowest BCUT2D eigenvalue weighted by Gasteiger charge is -2.24. The van der Waals surface area contributed by atoms with Gasteiger partial charge in [0.05, 0.1) is 0 Å². The van der Waals surface area contributed by atoms with Crippen LogP contribution in [0.15, 0.2) is 12.1 Å². The molecule has 0 radical (unpaired) electrons. The second kappa shape index (κ2) is 5.46. The molecule has 0 aliphatic rings. The van der Waals surface area contributed by atoms with Gasteiger partial charge in [-0.05, 0) is 55.5 Å². The van der Waals surface area contributed by atoms with E-state index >= 15 is 0 Å². The number of benzene rings is 1. The average Bonchev–Trinajstić information content (AvgIpc) is 2.27. The Morgan fingerprint density at radius 1 is 1.12 bits per heavy atom. The van der Waals surface area contributed by atoms with Crippen LogP contribution in [0.4, 0.5) is 0 Å². The van der Waals surface area contributed by atoms with Crippen LogP contribution in [0.25, 0.3) is 0 Å². The van der Waals surface area contributed by atoms with Gasteiger partial charge in [0.1, 0.15) is 0 Å². The van der Waals surface area contributed by atoms with Crippen molar-refractivity contribution in [3.8, 4) is 0 Å². The van der Waals surface area contributed by atoms with E-state index in [1.54, 1.807) is 0 Å². The van der Waals surface area contributed by atoms with Gasteiger partial charge in [0.15, 0.2) is 0 Å². The Bertz CT molecular complexity index is 354. The topological polar surface area (TPSA) is 52.0 Å². The van der Waals surface area contributed by atoms with Crippen molar-refractivity contribution in [1.29, 1.82) is 0 Å². The maximum Gasteiger partial charge on any atom is 0.0338 e. The van der Waals surface area contributed by atoms with Crippen LogP contribution in [-0.2, 0) is 0 Å². The number of nitrogens with two attached hydrogens (primary N) is 2. The Morgan fingerprint density at radius 3 is 2.25 bits per heavy atom. The lowest BCUT2D eigenvalue weighted by Crippen LogP contribution is -2.28. The van der Waals surface area contributed by atoms with E-state index in [0.29, 0.717) is 12.5 Å². The molecule has 2 nitrogen and oxygen atoms in total. The zero-order valence-corrected chi connectivity index (χ0v) is 10.9. The zero-order valence-electron chi connectivity index (χ0n) is 10.9. The van der Waals surface area contributed by atoms with Crippen molar-refractivity contribution in [2.75, 3.05) is 6.54 Å². The standard InChI is InChI=1S/C14H24N2/c1-5-12(8-15)14(16)13-7-6-9(2)10(3)11(13)4/h6-7,12,14H,5,8,15-16H2,1-4H3. The van der Waals surface area contributed by atoms with Crippen molar-refractivity contribution in [3.63, 3.8) is 0 Å². The molecule has 0 aromatic heterocycles. The summed E-state index contributed by atoms with van der Waals surface area (Å²) in [5, 5.41) is 0. The highest BCUT2D eigenvalue weighted by Crippen LogP contribution is 2.27. The lowest BCUT2D eigenvalue weighted by molar-refractivity contribution is 0.426. The Hall–Kier alpha value is -0.860. The Morgan fingerprint density at radius 2 is 1.75 bits per heavy atom. The van der Waals surface area contributed by atoms with Gasteiger partial charge in [-0.3, -0.25) is 0 Å². The molecule has 0 saturated carbocycles. The van der Waals surface area contributed by atoms with Crippen molar-refractivity contribution in [1.82, 2.24) is 0 Å². The molecule has 0 amide bonds. The van der Waals surface area contributed by atoms with Crippen LogP contribution in [-0.4, -0.2) is 6.54 Å². The highest BCUT2D eigenvalue weighted by Gasteiger charge is 2.18. The summed E-state index contributed by atoms with van der Waals surface area (Å²) >= 11 is 0. The lowest BCUT2D eigenvalue weighted by atomic mass is 9.87. The van der Waals surface area contributed by atoms with Crippen LogP contribution >= 0.6 is 0 Å². The molecule has 2 heteroatoms. The van der Waals surface area contributed by atoms with Gasteiger partial charge in [-0.1, -0.05) is 25.5 Å². The summed E-state index contributed by atoms with van der Waals surface area (Å²) in [5.41, 5.74) is 17.3. The number of hydrogen-bond acceptors (Lipinski definition) is 2. The van der Waals surface area contributed by atoms with Crippen molar-refractivity contribution in [3.05, 3.63) is 34.4 Å². The first-order valence-corrected chi connectivity index (χ1v) is 6.05. The first-order valence-electron chi connectivity index (χ1n) is 6.05. The predicted molar refractivity (Wildman–Crippen MR) is 70.4 cm³/mol. The summed E-state index contributed by atoms with van der Waals surface area (Å²) in [4.78, 5) is 0. The molecule has 2 atom stereocenters. The summed E-state index contributed by atoms with van der Waals surface area (Å²) in [7, 11) is 0. The minimum atomic E-state index is 0.0642. The van der Waals surface area contributed by atoms with Gasteiger partial charge in [0.2, 0.25) is 0 Å². The maximum absolute atomic E-state index is 6.30. The van der Waals surface area contributed by atoms with Gasteiger partial charge in [-0.2, -0.15) is 0 Å². The van der Waals surface area contributed by atoms with Crippen LogP contribution in [0.5, 0.6) is 0 Å². The van der Waals surface area contributed by atoms with E-state index < -0.39 is 0 Å². The minimum Gasteiger partial charge on any atom is -0.330 e. The van der Waals surface area contributed by atoms with Crippen LogP contribution in [0, 0.1) is 26.7 Å². The van der Waals surface area contributed by atoms with E-state index in [9.17, 15) is 0 Å². The molecule has 0 spiro atoms. The normalized spacial score (nSPS) is 14.9. The Kier molecular flexibility index (Phi) is 4.51.